The molecule has 174 valence electrons. The summed E-state index contributed by atoms with van der Waals surface area (Å²) in [5, 5.41) is 0. The van der Waals surface area contributed by atoms with E-state index in [-0.39, 0.29) is 12.1 Å². The SMILES string of the molecule is CC(C)(C)OC(=O)N1CC(n2ccc3ncnc(Cc4ccc(Oc5ccccc5)cc4)c32)C1. The van der Waals surface area contributed by atoms with Crippen molar-refractivity contribution < 1.29 is 14.3 Å². The van der Waals surface area contributed by atoms with Gasteiger partial charge in [0.25, 0.3) is 0 Å². The number of hydrogen-bond acceptors (Lipinski definition) is 5. The fourth-order valence-electron chi connectivity index (χ4n) is 4.09. The standard InChI is InChI=1S/C27H28N4O3/c1-27(2,3)34-26(32)30-16-20(17-30)31-14-13-23-25(31)24(29-18-28-23)15-19-9-11-22(12-10-19)33-21-7-5-4-6-8-21/h4-14,18,20H,15-17H2,1-3H3. The van der Waals surface area contributed by atoms with E-state index in [2.05, 4.69) is 26.7 Å². The van der Waals surface area contributed by atoms with Crippen LogP contribution in [0.5, 0.6) is 11.5 Å². The average Bonchev–Trinajstić information content (AvgIpc) is 3.18. The average molecular weight is 457 g/mol. The van der Waals surface area contributed by atoms with Crippen LogP contribution in [0.1, 0.15) is 38.1 Å². The van der Waals surface area contributed by atoms with E-state index in [0.717, 1.165) is 33.8 Å². The van der Waals surface area contributed by atoms with Crippen molar-refractivity contribution in [3.8, 4) is 11.5 Å². The summed E-state index contributed by atoms with van der Waals surface area (Å²) in [5.74, 6) is 1.61. The van der Waals surface area contributed by atoms with Crippen LogP contribution >= 0.6 is 0 Å². The number of fused-ring (bicyclic) bond motifs is 1. The van der Waals surface area contributed by atoms with E-state index in [9.17, 15) is 4.79 Å². The van der Waals surface area contributed by atoms with Crippen LogP contribution in [0.2, 0.25) is 0 Å². The van der Waals surface area contributed by atoms with E-state index in [1.165, 1.54) is 0 Å². The van der Waals surface area contributed by atoms with Crippen LogP contribution in [0.4, 0.5) is 4.79 Å². The fraction of sp³-hybridized carbons (Fsp3) is 0.296. The Hall–Kier alpha value is -3.87. The van der Waals surface area contributed by atoms with Crippen molar-refractivity contribution in [3.63, 3.8) is 0 Å². The van der Waals surface area contributed by atoms with Crippen LogP contribution in [-0.4, -0.2) is 44.2 Å². The molecule has 0 spiro atoms. The van der Waals surface area contributed by atoms with Crippen molar-refractivity contribution in [1.82, 2.24) is 19.4 Å². The number of nitrogens with zero attached hydrogens (tertiary/aromatic N) is 4. The van der Waals surface area contributed by atoms with Gasteiger partial charge in [-0.05, 0) is 56.7 Å². The molecule has 7 heteroatoms. The molecule has 0 saturated carbocycles. The Kier molecular flexibility index (Phi) is 5.69. The second-order valence-electron chi connectivity index (χ2n) is 9.55. The first-order valence-electron chi connectivity index (χ1n) is 11.5. The number of carbonyl (C=O) groups excluding carboxylic acids is 1. The van der Waals surface area contributed by atoms with Crippen LogP contribution in [0.25, 0.3) is 11.0 Å². The van der Waals surface area contributed by atoms with Crippen molar-refractivity contribution in [2.45, 2.75) is 38.8 Å². The third-order valence-corrected chi connectivity index (χ3v) is 5.76. The minimum absolute atomic E-state index is 0.177. The van der Waals surface area contributed by atoms with E-state index in [4.69, 9.17) is 9.47 Å². The molecule has 2 aromatic carbocycles. The Morgan fingerprint density at radius 3 is 2.38 bits per heavy atom. The molecule has 1 aliphatic heterocycles. The molecule has 0 bridgehead atoms. The molecule has 34 heavy (non-hydrogen) atoms. The molecular formula is C27H28N4O3. The molecule has 2 aromatic heterocycles. The Morgan fingerprint density at radius 2 is 1.68 bits per heavy atom. The maximum Gasteiger partial charge on any atom is 0.410 e. The highest BCUT2D eigenvalue weighted by atomic mass is 16.6. The van der Waals surface area contributed by atoms with Gasteiger partial charge < -0.3 is 18.9 Å². The largest absolute Gasteiger partial charge is 0.457 e. The molecule has 5 rings (SSSR count). The Morgan fingerprint density at radius 1 is 0.971 bits per heavy atom. The molecule has 3 heterocycles. The van der Waals surface area contributed by atoms with Gasteiger partial charge in [0.2, 0.25) is 0 Å². The van der Waals surface area contributed by atoms with Crippen molar-refractivity contribution in [1.29, 1.82) is 0 Å². The number of para-hydroxylation sites is 1. The number of rotatable bonds is 5. The van der Waals surface area contributed by atoms with Gasteiger partial charge in [-0.1, -0.05) is 30.3 Å². The van der Waals surface area contributed by atoms with E-state index < -0.39 is 5.60 Å². The number of ether oxygens (including phenoxy) is 2. The van der Waals surface area contributed by atoms with Gasteiger partial charge in [0.1, 0.15) is 23.4 Å². The highest BCUT2D eigenvalue weighted by Gasteiger charge is 2.35. The smallest absolute Gasteiger partial charge is 0.410 e. The number of hydrogen-bond donors (Lipinski definition) is 0. The highest BCUT2D eigenvalue weighted by molar-refractivity contribution is 5.79. The lowest BCUT2D eigenvalue weighted by molar-refractivity contribution is 0.00156. The molecule has 1 amide bonds. The molecular weight excluding hydrogens is 428 g/mol. The summed E-state index contributed by atoms with van der Waals surface area (Å²) in [7, 11) is 0. The summed E-state index contributed by atoms with van der Waals surface area (Å²) in [5.41, 5.74) is 3.52. The van der Waals surface area contributed by atoms with Crippen LogP contribution < -0.4 is 4.74 Å². The molecule has 0 atom stereocenters. The van der Waals surface area contributed by atoms with Crippen molar-refractivity contribution in [2.24, 2.45) is 0 Å². The minimum atomic E-state index is -0.495. The molecule has 7 nitrogen and oxygen atoms in total. The van der Waals surface area contributed by atoms with Crippen molar-refractivity contribution in [2.75, 3.05) is 13.1 Å². The second-order valence-corrected chi connectivity index (χ2v) is 9.55. The molecule has 4 aromatic rings. The fourth-order valence-corrected chi connectivity index (χ4v) is 4.09. The molecule has 0 radical (unpaired) electrons. The lowest BCUT2D eigenvalue weighted by atomic mass is 10.1. The summed E-state index contributed by atoms with van der Waals surface area (Å²) in [6, 6.07) is 20.0. The van der Waals surface area contributed by atoms with Crippen molar-refractivity contribution >= 4 is 17.1 Å². The summed E-state index contributed by atoms with van der Waals surface area (Å²) >= 11 is 0. The first-order valence-corrected chi connectivity index (χ1v) is 11.5. The molecule has 0 unspecified atom stereocenters. The lowest BCUT2D eigenvalue weighted by Gasteiger charge is -2.40. The zero-order chi connectivity index (χ0) is 23.7. The van der Waals surface area contributed by atoms with Gasteiger partial charge in [-0.3, -0.25) is 0 Å². The van der Waals surface area contributed by atoms with Crippen LogP contribution in [-0.2, 0) is 11.2 Å². The number of benzene rings is 2. The third-order valence-electron chi connectivity index (χ3n) is 5.76. The van der Waals surface area contributed by atoms with E-state index in [1.807, 2.05) is 75.5 Å². The number of carbonyl (C=O) groups is 1. The van der Waals surface area contributed by atoms with Gasteiger partial charge in [-0.2, -0.15) is 0 Å². The number of likely N-dealkylation sites (tertiary alicyclic amines) is 1. The Labute approximate surface area is 199 Å². The van der Waals surface area contributed by atoms with Crippen LogP contribution in [0.15, 0.2) is 73.2 Å². The third kappa shape index (κ3) is 4.73. The second kappa shape index (κ2) is 8.82. The number of aromatic nitrogens is 3. The zero-order valence-corrected chi connectivity index (χ0v) is 19.6. The topological polar surface area (TPSA) is 69.5 Å². The molecule has 0 N–H and O–H groups in total. The van der Waals surface area contributed by atoms with Crippen LogP contribution in [0, 0.1) is 0 Å². The summed E-state index contributed by atoms with van der Waals surface area (Å²) in [4.78, 5) is 23.1. The van der Waals surface area contributed by atoms with Crippen molar-refractivity contribution in [3.05, 3.63) is 84.4 Å². The quantitative estimate of drug-likeness (QED) is 0.391. The highest BCUT2D eigenvalue weighted by Crippen LogP contribution is 2.30. The predicted molar refractivity (Wildman–Crippen MR) is 130 cm³/mol. The molecule has 0 aliphatic carbocycles. The monoisotopic (exact) mass is 456 g/mol. The number of amides is 1. The first kappa shape index (κ1) is 21.9. The van der Waals surface area contributed by atoms with E-state index in [0.29, 0.717) is 19.5 Å². The lowest BCUT2D eigenvalue weighted by Crippen LogP contribution is -2.52. The maximum atomic E-state index is 12.3. The van der Waals surface area contributed by atoms with Gasteiger partial charge in [-0.15, -0.1) is 0 Å². The normalized spacial score (nSPS) is 14.1. The zero-order valence-electron chi connectivity index (χ0n) is 19.6. The van der Waals surface area contributed by atoms with Gasteiger partial charge in [0, 0.05) is 25.7 Å². The summed E-state index contributed by atoms with van der Waals surface area (Å²) in [6.45, 7) is 6.86. The van der Waals surface area contributed by atoms with Gasteiger partial charge >= 0.3 is 6.09 Å². The Bertz CT molecular complexity index is 1290. The maximum absolute atomic E-state index is 12.3. The molecule has 1 fully saturated rings. The van der Waals surface area contributed by atoms with Gasteiger partial charge in [0.05, 0.1) is 22.8 Å². The van der Waals surface area contributed by atoms with E-state index >= 15 is 0 Å². The molecule has 1 aliphatic rings. The minimum Gasteiger partial charge on any atom is -0.457 e. The van der Waals surface area contributed by atoms with Gasteiger partial charge in [-0.25, -0.2) is 14.8 Å². The predicted octanol–water partition coefficient (Wildman–Crippen LogP) is 5.61. The first-order chi connectivity index (χ1) is 16.4. The molecule has 1 saturated heterocycles. The summed E-state index contributed by atoms with van der Waals surface area (Å²) in [6.07, 6.45) is 4.06. The summed E-state index contributed by atoms with van der Waals surface area (Å²) < 4.78 is 13.6. The van der Waals surface area contributed by atoms with E-state index in [1.54, 1.807) is 11.2 Å². The van der Waals surface area contributed by atoms with Crippen LogP contribution in [0.3, 0.4) is 0 Å². The van der Waals surface area contributed by atoms with Gasteiger partial charge in [0.15, 0.2) is 0 Å². The Balaban J connectivity index is 1.30.